The van der Waals surface area contributed by atoms with Crippen LogP contribution in [-0.4, -0.2) is 19.0 Å². The summed E-state index contributed by atoms with van der Waals surface area (Å²) in [5, 5.41) is 7.50. The third-order valence-corrected chi connectivity index (χ3v) is 3.08. The Bertz CT molecular complexity index is 416. The van der Waals surface area contributed by atoms with Crippen molar-refractivity contribution in [2.75, 3.05) is 13.2 Å². The molecule has 0 saturated heterocycles. The summed E-state index contributed by atoms with van der Waals surface area (Å²) in [5.41, 5.74) is 5.29. The fraction of sp³-hybridized carbons (Fsp3) is 0.533. The van der Waals surface area contributed by atoms with E-state index in [2.05, 4.69) is 0 Å². The monoisotopic (exact) mass is 264 g/mol. The average molecular weight is 264 g/mol. The molecule has 0 unspecified atom stereocenters. The highest BCUT2D eigenvalue weighted by molar-refractivity contribution is 5.82. The second kappa shape index (κ2) is 7.02. The summed E-state index contributed by atoms with van der Waals surface area (Å²) in [5.74, 6) is 1.77. The highest BCUT2D eigenvalue weighted by Gasteiger charge is 2.20. The lowest BCUT2D eigenvalue weighted by atomic mass is 9.87. The van der Waals surface area contributed by atoms with E-state index in [0.29, 0.717) is 13.2 Å². The molecule has 1 aromatic rings. The van der Waals surface area contributed by atoms with Gasteiger partial charge in [0.2, 0.25) is 0 Å². The lowest BCUT2D eigenvalue weighted by molar-refractivity contribution is 0.261. The molecule has 1 aromatic carbocycles. The molecule has 0 heterocycles. The number of amidine groups is 1. The van der Waals surface area contributed by atoms with Crippen LogP contribution in [0.3, 0.4) is 0 Å². The van der Waals surface area contributed by atoms with E-state index in [4.69, 9.17) is 20.6 Å². The van der Waals surface area contributed by atoms with E-state index in [-0.39, 0.29) is 11.3 Å². The SMILES string of the molecule is CCOc1ccccc1OCCCC(C)(C)C(=N)N. The summed E-state index contributed by atoms with van der Waals surface area (Å²) in [4.78, 5) is 0. The van der Waals surface area contributed by atoms with Crippen LogP contribution in [0, 0.1) is 10.8 Å². The molecule has 0 spiro atoms. The molecule has 0 atom stereocenters. The smallest absolute Gasteiger partial charge is 0.161 e. The van der Waals surface area contributed by atoms with Gasteiger partial charge in [-0.05, 0) is 31.9 Å². The van der Waals surface area contributed by atoms with Crippen LogP contribution in [0.15, 0.2) is 24.3 Å². The van der Waals surface area contributed by atoms with Crippen LogP contribution in [0.5, 0.6) is 11.5 Å². The Morgan fingerprint density at radius 3 is 2.32 bits per heavy atom. The number of hydrogen-bond acceptors (Lipinski definition) is 3. The molecule has 106 valence electrons. The van der Waals surface area contributed by atoms with Crippen molar-refractivity contribution >= 4 is 5.84 Å². The Hall–Kier alpha value is -1.71. The number of benzene rings is 1. The predicted octanol–water partition coefficient (Wildman–Crippen LogP) is 3.21. The molecule has 19 heavy (non-hydrogen) atoms. The first kappa shape index (κ1) is 15.3. The summed E-state index contributed by atoms with van der Waals surface area (Å²) in [6.45, 7) is 7.12. The van der Waals surface area contributed by atoms with Crippen LogP contribution >= 0.6 is 0 Å². The highest BCUT2D eigenvalue weighted by atomic mass is 16.5. The third kappa shape index (κ3) is 4.81. The molecule has 0 amide bonds. The Balaban J connectivity index is 2.43. The first-order chi connectivity index (χ1) is 8.97. The van der Waals surface area contributed by atoms with Crippen molar-refractivity contribution in [1.29, 1.82) is 5.41 Å². The van der Waals surface area contributed by atoms with E-state index in [0.717, 1.165) is 24.3 Å². The van der Waals surface area contributed by atoms with Gasteiger partial charge in [0.05, 0.1) is 19.0 Å². The fourth-order valence-electron chi connectivity index (χ4n) is 1.68. The second-order valence-electron chi connectivity index (χ2n) is 5.13. The molecule has 0 bridgehead atoms. The number of nitrogens with one attached hydrogen (secondary N) is 1. The Kier molecular flexibility index (Phi) is 5.67. The molecule has 0 radical (unpaired) electrons. The molecule has 0 fully saturated rings. The summed E-state index contributed by atoms with van der Waals surface area (Å²) >= 11 is 0. The van der Waals surface area contributed by atoms with E-state index in [1.165, 1.54) is 0 Å². The van der Waals surface area contributed by atoms with Gasteiger partial charge in [0, 0.05) is 5.41 Å². The van der Waals surface area contributed by atoms with Crippen molar-refractivity contribution in [3.05, 3.63) is 24.3 Å². The topological polar surface area (TPSA) is 68.3 Å². The quantitative estimate of drug-likeness (QED) is 0.430. The van der Waals surface area contributed by atoms with Crippen LogP contribution in [0.4, 0.5) is 0 Å². The van der Waals surface area contributed by atoms with Crippen molar-refractivity contribution in [3.63, 3.8) is 0 Å². The van der Waals surface area contributed by atoms with Gasteiger partial charge in [-0.1, -0.05) is 26.0 Å². The maximum Gasteiger partial charge on any atom is 0.161 e. The average Bonchev–Trinajstić information content (AvgIpc) is 2.36. The Morgan fingerprint density at radius 2 is 1.79 bits per heavy atom. The minimum absolute atomic E-state index is 0.224. The molecular formula is C15H24N2O2. The van der Waals surface area contributed by atoms with E-state index < -0.39 is 0 Å². The summed E-state index contributed by atoms with van der Waals surface area (Å²) in [6, 6.07) is 7.66. The number of nitrogens with two attached hydrogens (primary N) is 1. The molecule has 0 aromatic heterocycles. The molecule has 1 rings (SSSR count). The summed E-state index contributed by atoms with van der Waals surface area (Å²) in [6.07, 6.45) is 1.69. The normalized spacial score (nSPS) is 11.1. The van der Waals surface area contributed by atoms with Crippen molar-refractivity contribution in [2.45, 2.75) is 33.6 Å². The van der Waals surface area contributed by atoms with Gasteiger partial charge in [0.1, 0.15) is 0 Å². The Morgan fingerprint density at radius 1 is 1.21 bits per heavy atom. The lowest BCUT2D eigenvalue weighted by Crippen LogP contribution is -2.31. The molecular weight excluding hydrogens is 240 g/mol. The second-order valence-corrected chi connectivity index (χ2v) is 5.13. The number of para-hydroxylation sites is 2. The summed E-state index contributed by atoms with van der Waals surface area (Å²) < 4.78 is 11.2. The van der Waals surface area contributed by atoms with Gasteiger partial charge in [-0.2, -0.15) is 0 Å². The standard InChI is InChI=1S/C15H24N2O2/c1-4-18-12-8-5-6-9-13(12)19-11-7-10-15(2,3)14(16)17/h5-6,8-9H,4,7,10-11H2,1-3H3,(H3,16,17). The first-order valence-corrected chi connectivity index (χ1v) is 6.66. The van der Waals surface area contributed by atoms with Crippen LogP contribution in [-0.2, 0) is 0 Å². The Labute approximate surface area is 115 Å². The molecule has 3 N–H and O–H groups in total. The minimum Gasteiger partial charge on any atom is -0.490 e. The van der Waals surface area contributed by atoms with Gasteiger partial charge < -0.3 is 15.2 Å². The number of hydrogen-bond donors (Lipinski definition) is 2. The van der Waals surface area contributed by atoms with Gasteiger partial charge in [-0.15, -0.1) is 0 Å². The van der Waals surface area contributed by atoms with Crippen LogP contribution < -0.4 is 15.2 Å². The van der Waals surface area contributed by atoms with Crippen LogP contribution in [0.2, 0.25) is 0 Å². The van der Waals surface area contributed by atoms with Crippen LogP contribution in [0.25, 0.3) is 0 Å². The van der Waals surface area contributed by atoms with Crippen molar-refractivity contribution in [3.8, 4) is 11.5 Å². The summed E-state index contributed by atoms with van der Waals surface area (Å²) in [7, 11) is 0. The number of ether oxygens (including phenoxy) is 2. The molecule has 0 aliphatic carbocycles. The highest BCUT2D eigenvalue weighted by Crippen LogP contribution is 2.27. The van der Waals surface area contributed by atoms with Gasteiger partial charge in [0.25, 0.3) is 0 Å². The molecule has 0 aliphatic heterocycles. The molecule has 4 heteroatoms. The zero-order chi connectivity index (χ0) is 14.3. The first-order valence-electron chi connectivity index (χ1n) is 6.66. The van der Waals surface area contributed by atoms with E-state index >= 15 is 0 Å². The number of rotatable bonds is 8. The van der Waals surface area contributed by atoms with Crippen molar-refractivity contribution in [2.24, 2.45) is 11.1 Å². The zero-order valence-electron chi connectivity index (χ0n) is 12.0. The largest absolute Gasteiger partial charge is 0.490 e. The van der Waals surface area contributed by atoms with Gasteiger partial charge in [-0.25, -0.2) is 0 Å². The van der Waals surface area contributed by atoms with E-state index in [9.17, 15) is 0 Å². The van der Waals surface area contributed by atoms with Gasteiger partial charge >= 0.3 is 0 Å². The minimum atomic E-state index is -0.261. The maximum atomic E-state index is 7.50. The van der Waals surface area contributed by atoms with Crippen LogP contribution in [0.1, 0.15) is 33.6 Å². The molecule has 0 aliphatic rings. The van der Waals surface area contributed by atoms with E-state index in [1.54, 1.807) is 0 Å². The lowest BCUT2D eigenvalue weighted by Gasteiger charge is -2.22. The zero-order valence-corrected chi connectivity index (χ0v) is 12.0. The van der Waals surface area contributed by atoms with Gasteiger partial charge in [0.15, 0.2) is 11.5 Å². The predicted molar refractivity (Wildman–Crippen MR) is 78.0 cm³/mol. The van der Waals surface area contributed by atoms with Crippen molar-refractivity contribution in [1.82, 2.24) is 0 Å². The maximum absolute atomic E-state index is 7.50. The molecule has 0 saturated carbocycles. The van der Waals surface area contributed by atoms with Gasteiger partial charge in [-0.3, -0.25) is 5.41 Å². The molecule has 4 nitrogen and oxygen atoms in total. The third-order valence-electron chi connectivity index (χ3n) is 3.08. The van der Waals surface area contributed by atoms with Crippen molar-refractivity contribution < 1.29 is 9.47 Å². The fourth-order valence-corrected chi connectivity index (χ4v) is 1.68. The van der Waals surface area contributed by atoms with E-state index in [1.807, 2.05) is 45.0 Å².